The third-order valence-electron chi connectivity index (χ3n) is 2.73. The summed E-state index contributed by atoms with van der Waals surface area (Å²) in [5.41, 5.74) is -1.33. The van der Waals surface area contributed by atoms with Crippen LogP contribution in [0.3, 0.4) is 0 Å². The lowest BCUT2D eigenvalue weighted by molar-refractivity contribution is -0.136. The van der Waals surface area contributed by atoms with Crippen molar-refractivity contribution in [2.24, 2.45) is 0 Å². The lowest BCUT2D eigenvalue weighted by atomic mass is 10.1. The molecule has 0 atom stereocenters. The summed E-state index contributed by atoms with van der Waals surface area (Å²) in [4.78, 5) is 13.6. The predicted molar refractivity (Wildman–Crippen MR) is 60.4 cm³/mol. The molecule has 7 heteroatoms. The number of aryl methyl sites for hydroxylation is 2. The average molecular weight is 259 g/mol. The van der Waals surface area contributed by atoms with Crippen LogP contribution in [0.4, 0.5) is 13.2 Å². The largest absolute Gasteiger partial charge is 0.417 e. The first-order chi connectivity index (χ1) is 8.34. The summed E-state index contributed by atoms with van der Waals surface area (Å²) in [6.45, 7) is 3.98. The monoisotopic (exact) mass is 259 g/mol. The van der Waals surface area contributed by atoms with Gasteiger partial charge in [-0.1, -0.05) is 6.92 Å². The first-order valence-electron chi connectivity index (χ1n) is 5.52. The number of aromatic nitrogens is 3. The van der Waals surface area contributed by atoms with Gasteiger partial charge in [0.15, 0.2) is 5.65 Å². The third kappa shape index (κ3) is 2.00. The first kappa shape index (κ1) is 12.7. The average Bonchev–Trinajstić information content (AvgIpc) is 2.54. The number of fused-ring (bicyclic) bond motifs is 1. The van der Waals surface area contributed by atoms with Gasteiger partial charge in [0.2, 0.25) is 5.56 Å². The van der Waals surface area contributed by atoms with Crippen LogP contribution in [0.1, 0.15) is 24.6 Å². The van der Waals surface area contributed by atoms with Crippen LogP contribution in [0.5, 0.6) is 0 Å². The number of H-pyrrole nitrogens is 1. The van der Waals surface area contributed by atoms with Gasteiger partial charge in [0, 0.05) is 18.3 Å². The minimum absolute atomic E-state index is 0.0132. The van der Waals surface area contributed by atoms with Crippen molar-refractivity contribution in [3.05, 3.63) is 27.7 Å². The van der Waals surface area contributed by atoms with Crippen molar-refractivity contribution in [3.63, 3.8) is 0 Å². The molecule has 0 aliphatic heterocycles. The third-order valence-corrected chi connectivity index (χ3v) is 2.73. The number of nitrogens with one attached hydrogen (secondary N) is 1. The van der Waals surface area contributed by atoms with Gasteiger partial charge in [-0.2, -0.15) is 18.3 Å². The number of hydrogen-bond donors (Lipinski definition) is 1. The fraction of sp³-hybridized carbons (Fsp3) is 0.455. The molecule has 2 heterocycles. The van der Waals surface area contributed by atoms with E-state index in [1.165, 1.54) is 4.68 Å². The van der Waals surface area contributed by atoms with Crippen LogP contribution in [-0.4, -0.2) is 14.8 Å². The summed E-state index contributed by atoms with van der Waals surface area (Å²) in [6.07, 6.45) is -3.81. The number of aromatic amines is 1. The van der Waals surface area contributed by atoms with Crippen molar-refractivity contribution < 1.29 is 13.2 Å². The molecule has 0 bridgehead atoms. The number of rotatable bonds is 2. The Morgan fingerprint density at radius 1 is 1.44 bits per heavy atom. The molecule has 0 aliphatic carbocycles. The molecule has 0 saturated heterocycles. The van der Waals surface area contributed by atoms with Crippen LogP contribution >= 0.6 is 0 Å². The van der Waals surface area contributed by atoms with Crippen LogP contribution in [0.25, 0.3) is 11.0 Å². The van der Waals surface area contributed by atoms with Gasteiger partial charge >= 0.3 is 6.18 Å². The van der Waals surface area contributed by atoms with E-state index in [9.17, 15) is 18.0 Å². The second kappa shape index (κ2) is 4.15. The molecule has 0 amide bonds. The summed E-state index contributed by atoms with van der Waals surface area (Å²) >= 11 is 0. The maximum atomic E-state index is 12.9. The van der Waals surface area contributed by atoms with E-state index < -0.39 is 17.3 Å². The Morgan fingerprint density at radius 2 is 2.11 bits per heavy atom. The van der Waals surface area contributed by atoms with E-state index in [1.807, 2.05) is 6.92 Å². The SMILES string of the molecule is CCCn1nc2[nH]c(=O)cc(C(F)(F)F)c2c1C. The van der Waals surface area contributed by atoms with Crippen molar-refractivity contribution in [2.45, 2.75) is 33.0 Å². The molecule has 0 fully saturated rings. The fourth-order valence-electron chi connectivity index (χ4n) is 1.97. The molecule has 2 rings (SSSR count). The maximum absolute atomic E-state index is 12.9. The summed E-state index contributed by atoms with van der Waals surface area (Å²) in [5.74, 6) is 0. The van der Waals surface area contributed by atoms with Gasteiger partial charge in [0.05, 0.1) is 10.9 Å². The Bertz CT molecular complexity index is 639. The van der Waals surface area contributed by atoms with Gasteiger partial charge in [0.1, 0.15) is 0 Å². The van der Waals surface area contributed by atoms with Crippen molar-refractivity contribution in [1.82, 2.24) is 14.8 Å². The van der Waals surface area contributed by atoms with Gasteiger partial charge in [-0.3, -0.25) is 9.48 Å². The lowest BCUT2D eigenvalue weighted by Crippen LogP contribution is -2.13. The van der Waals surface area contributed by atoms with Crippen molar-refractivity contribution in [1.29, 1.82) is 0 Å². The van der Waals surface area contributed by atoms with Gasteiger partial charge < -0.3 is 4.98 Å². The summed E-state index contributed by atoms with van der Waals surface area (Å²) in [5, 5.41) is 3.97. The van der Waals surface area contributed by atoms with E-state index in [4.69, 9.17) is 0 Å². The Hall–Kier alpha value is -1.79. The smallest absolute Gasteiger partial charge is 0.305 e. The molecule has 98 valence electrons. The van der Waals surface area contributed by atoms with Crippen molar-refractivity contribution >= 4 is 11.0 Å². The zero-order valence-electron chi connectivity index (χ0n) is 9.93. The second-order valence-electron chi connectivity index (χ2n) is 4.08. The molecule has 2 aromatic rings. The molecule has 0 spiro atoms. The zero-order valence-corrected chi connectivity index (χ0v) is 9.93. The first-order valence-corrected chi connectivity index (χ1v) is 5.52. The number of nitrogens with zero attached hydrogens (tertiary/aromatic N) is 2. The van der Waals surface area contributed by atoms with Crippen LogP contribution in [0, 0.1) is 6.92 Å². The highest BCUT2D eigenvalue weighted by atomic mass is 19.4. The Morgan fingerprint density at radius 3 is 2.67 bits per heavy atom. The molecule has 18 heavy (non-hydrogen) atoms. The molecule has 0 aliphatic rings. The minimum atomic E-state index is -4.56. The van der Waals surface area contributed by atoms with Gasteiger partial charge in [-0.25, -0.2) is 0 Å². The van der Waals surface area contributed by atoms with Gasteiger partial charge in [-0.15, -0.1) is 0 Å². The lowest BCUT2D eigenvalue weighted by Gasteiger charge is -2.07. The zero-order chi connectivity index (χ0) is 13.5. The molecular weight excluding hydrogens is 247 g/mol. The Balaban J connectivity index is 2.82. The van der Waals surface area contributed by atoms with Crippen LogP contribution in [-0.2, 0) is 12.7 Å². The molecule has 0 saturated carbocycles. The van der Waals surface area contributed by atoms with Crippen LogP contribution in [0.2, 0.25) is 0 Å². The maximum Gasteiger partial charge on any atom is 0.417 e. The minimum Gasteiger partial charge on any atom is -0.305 e. The van der Waals surface area contributed by atoms with E-state index in [0.717, 1.165) is 6.42 Å². The normalized spacial score (nSPS) is 12.3. The molecule has 0 radical (unpaired) electrons. The molecule has 1 N–H and O–H groups in total. The highest BCUT2D eigenvalue weighted by Crippen LogP contribution is 2.34. The van der Waals surface area contributed by atoms with E-state index in [1.54, 1.807) is 6.92 Å². The summed E-state index contributed by atoms with van der Waals surface area (Å²) in [7, 11) is 0. The number of pyridine rings is 1. The van der Waals surface area contributed by atoms with Gasteiger partial charge in [0.25, 0.3) is 0 Å². The van der Waals surface area contributed by atoms with Gasteiger partial charge in [-0.05, 0) is 13.3 Å². The predicted octanol–water partition coefficient (Wildman–Crippen LogP) is 2.46. The molecule has 0 aromatic carbocycles. The van der Waals surface area contributed by atoms with Crippen molar-refractivity contribution in [3.8, 4) is 0 Å². The highest BCUT2D eigenvalue weighted by Gasteiger charge is 2.35. The molecule has 2 aromatic heterocycles. The summed E-state index contributed by atoms with van der Waals surface area (Å²) in [6, 6.07) is 0.577. The highest BCUT2D eigenvalue weighted by molar-refractivity contribution is 5.82. The number of halogens is 3. The fourth-order valence-corrected chi connectivity index (χ4v) is 1.97. The van der Waals surface area contributed by atoms with Crippen LogP contribution in [0.15, 0.2) is 10.9 Å². The second-order valence-corrected chi connectivity index (χ2v) is 4.08. The Labute approximate surface area is 100 Å². The topological polar surface area (TPSA) is 50.7 Å². The van der Waals surface area contributed by atoms with E-state index in [-0.39, 0.29) is 11.0 Å². The van der Waals surface area contributed by atoms with E-state index >= 15 is 0 Å². The van der Waals surface area contributed by atoms with E-state index in [2.05, 4.69) is 10.1 Å². The Kier molecular flexibility index (Phi) is 2.92. The standard InChI is InChI=1S/C11H12F3N3O/c1-3-4-17-6(2)9-7(11(12,13)14)5-8(18)15-10(9)16-17/h5H,3-4H2,1-2H3,(H,15,16,18). The summed E-state index contributed by atoms with van der Waals surface area (Å²) < 4.78 is 40.1. The molecule has 4 nitrogen and oxygen atoms in total. The van der Waals surface area contributed by atoms with E-state index in [0.29, 0.717) is 18.3 Å². The molecular formula is C11H12F3N3O. The molecule has 0 unspecified atom stereocenters. The van der Waals surface area contributed by atoms with Crippen molar-refractivity contribution in [2.75, 3.05) is 0 Å². The number of hydrogen-bond acceptors (Lipinski definition) is 2. The number of alkyl halides is 3. The van der Waals surface area contributed by atoms with Crippen LogP contribution < -0.4 is 5.56 Å². The quantitative estimate of drug-likeness (QED) is 0.900.